The fraction of sp³-hybridized carbons (Fsp3) is 0.389. The van der Waals surface area contributed by atoms with Gasteiger partial charge in [-0.1, -0.05) is 12.1 Å². The lowest BCUT2D eigenvalue weighted by molar-refractivity contribution is -0.116. The maximum Gasteiger partial charge on any atom is 0.335 e. The van der Waals surface area contributed by atoms with Crippen LogP contribution in [-0.4, -0.2) is 46.7 Å². The fourth-order valence-corrected chi connectivity index (χ4v) is 5.64. The first-order valence-electron chi connectivity index (χ1n) is 8.67. The van der Waals surface area contributed by atoms with E-state index in [2.05, 4.69) is 10.4 Å². The Morgan fingerprint density at radius 2 is 2.00 bits per heavy atom. The summed E-state index contributed by atoms with van der Waals surface area (Å²) in [5, 5.41) is 16.5. The van der Waals surface area contributed by atoms with Crippen LogP contribution in [0, 0.1) is 6.92 Å². The van der Waals surface area contributed by atoms with Gasteiger partial charge in [0.05, 0.1) is 28.8 Å². The first-order chi connectivity index (χ1) is 12.7. The number of amides is 1. The Kier molecular flexibility index (Phi) is 4.06. The van der Waals surface area contributed by atoms with Gasteiger partial charge in [-0.3, -0.25) is 4.79 Å². The summed E-state index contributed by atoms with van der Waals surface area (Å²) in [7, 11) is -3.08. The molecule has 4 rings (SSSR count). The fourth-order valence-electron chi connectivity index (χ4n) is 3.95. The lowest BCUT2D eigenvalue weighted by Gasteiger charge is -2.25. The third-order valence-electron chi connectivity index (χ3n) is 5.24. The van der Waals surface area contributed by atoms with Crippen LogP contribution in [0.3, 0.4) is 0 Å². The van der Waals surface area contributed by atoms with Gasteiger partial charge in [0.1, 0.15) is 5.82 Å². The molecule has 27 heavy (non-hydrogen) atoms. The van der Waals surface area contributed by atoms with E-state index in [-0.39, 0.29) is 41.4 Å². The summed E-state index contributed by atoms with van der Waals surface area (Å²) in [6.45, 7) is 1.84. The lowest BCUT2D eigenvalue weighted by atomic mass is 9.85. The molecule has 1 aromatic carbocycles. The molecular weight excluding hydrogens is 370 g/mol. The normalized spacial score (nSPS) is 23.7. The molecule has 2 aliphatic rings. The molecule has 2 aliphatic heterocycles. The Labute approximate surface area is 156 Å². The number of rotatable bonds is 3. The smallest absolute Gasteiger partial charge is 0.335 e. The minimum atomic E-state index is -3.08. The van der Waals surface area contributed by atoms with Crippen molar-refractivity contribution in [2.24, 2.45) is 0 Å². The Morgan fingerprint density at radius 1 is 1.30 bits per heavy atom. The number of carbonyl (C=O) groups is 2. The predicted octanol–water partition coefficient (Wildman–Crippen LogP) is 1.72. The van der Waals surface area contributed by atoms with Gasteiger partial charge in [-0.05, 0) is 31.0 Å². The molecule has 9 heteroatoms. The van der Waals surface area contributed by atoms with Crippen molar-refractivity contribution in [3.63, 3.8) is 0 Å². The summed E-state index contributed by atoms with van der Waals surface area (Å²) < 4.78 is 25.3. The van der Waals surface area contributed by atoms with Crippen LogP contribution < -0.4 is 5.32 Å². The molecule has 8 nitrogen and oxygen atoms in total. The highest BCUT2D eigenvalue weighted by atomic mass is 32.2. The number of hydrogen-bond acceptors (Lipinski definition) is 5. The predicted molar refractivity (Wildman–Crippen MR) is 97.8 cm³/mol. The van der Waals surface area contributed by atoms with Gasteiger partial charge in [0.2, 0.25) is 5.91 Å². The van der Waals surface area contributed by atoms with Gasteiger partial charge in [0.25, 0.3) is 0 Å². The van der Waals surface area contributed by atoms with E-state index in [1.165, 1.54) is 12.1 Å². The Balaban J connectivity index is 1.76. The summed E-state index contributed by atoms with van der Waals surface area (Å²) in [5.41, 5.74) is 2.61. The first-order valence-corrected chi connectivity index (χ1v) is 10.5. The van der Waals surface area contributed by atoms with Gasteiger partial charge < -0.3 is 10.4 Å². The molecule has 1 fully saturated rings. The van der Waals surface area contributed by atoms with Gasteiger partial charge in [-0.25, -0.2) is 17.9 Å². The Hall–Kier alpha value is -2.68. The standard InChI is InChI=1S/C18H19N3O5S/c1-10-16-14(11-2-4-12(5-3-11)18(23)24)8-15(22)19-17(16)21(20-10)13-6-7-27(25,26)9-13/h2-5,13-14H,6-9H2,1H3,(H,19,22)(H,23,24). The molecule has 2 atom stereocenters. The molecular formula is C18H19N3O5S. The molecule has 2 N–H and O–H groups in total. The van der Waals surface area contributed by atoms with Gasteiger partial charge >= 0.3 is 5.97 Å². The molecule has 0 aliphatic carbocycles. The van der Waals surface area contributed by atoms with Crippen molar-refractivity contribution < 1.29 is 23.1 Å². The van der Waals surface area contributed by atoms with Crippen LogP contribution in [0.4, 0.5) is 5.82 Å². The second-order valence-corrected chi connectivity index (χ2v) is 9.31. The van der Waals surface area contributed by atoms with Crippen molar-refractivity contribution in [1.29, 1.82) is 0 Å². The molecule has 1 amide bonds. The SMILES string of the molecule is Cc1nn(C2CCS(=O)(=O)C2)c2c1C(c1ccc(C(=O)O)cc1)CC(=O)N2. The van der Waals surface area contributed by atoms with Crippen LogP contribution >= 0.6 is 0 Å². The van der Waals surface area contributed by atoms with E-state index in [1.807, 2.05) is 6.92 Å². The van der Waals surface area contributed by atoms with E-state index < -0.39 is 15.8 Å². The number of carbonyl (C=O) groups excluding carboxylic acids is 1. The van der Waals surface area contributed by atoms with E-state index in [4.69, 9.17) is 5.11 Å². The third kappa shape index (κ3) is 3.12. The van der Waals surface area contributed by atoms with E-state index in [0.29, 0.717) is 12.2 Å². The zero-order chi connectivity index (χ0) is 19.3. The van der Waals surface area contributed by atoms with E-state index >= 15 is 0 Å². The summed E-state index contributed by atoms with van der Waals surface area (Å²) in [4.78, 5) is 23.4. The average Bonchev–Trinajstić information content (AvgIpc) is 3.13. The topological polar surface area (TPSA) is 118 Å². The van der Waals surface area contributed by atoms with Gasteiger partial charge in [0, 0.05) is 17.9 Å². The summed E-state index contributed by atoms with van der Waals surface area (Å²) >= 11 is 0. The second-order valence-electron chi connectivity index (χ2n) is 7.08. The molecule has 0 radical (unpaired) electrons. The van der Waals surface area contributed by atoms with Gasteiger partial charge in [0.15, 0.2) is 9.84 Å². The Bertz CT molecular complexity index is 1040. The van der Waals surface area contributed by atoms with Gasteiger partial charge in [-0.2, -0.15) is 5.10 Å². The van der Waals surface area contributed by atoms with Crippen molar-refractivity contribution in [3.05, 3.63) is 46.6 Å². The van der Waals surface area contributed by atoms with Crippen LogP contribution in [0.2, 0.25) is 0 Å². The number of carboxylic acid groups (broad SMARTS) is 1. The summed E-state index contributed by atoms with van der Waals surface area (Å²) in [6, 6.07) is 6.19. The highest BCUT2D eigenvalue weighted by Crippen LogP contribution is 2.41. The average molecular weight is 389 g/mol. The maximum absolute atomic E-state index is 12.3. The van der Waals surface area contributed by atoms with E-state index in [0.717, 1.165) is 16.8 Å². The molecule has 142 valence electrons. The number of fused-ring (bicyclic) bond motifs is 1. The van der Waals surface area contributed by atoms with Crippen LogP contribution in [0.5, 0.6) is 0 Å². The zero-order valence-electron chi connectivity index (χ0n) is 14.7. The molecule has 0 bridgehead atoms. The largest absolute Gasteiger partial charge is 0.478 e. The van der Waals surface area contributed by atoms with Crippen LogP contribution in [0.25, 0.3) is 0 Å². The van der Waals surface area contributed by atoms with Crippen molar-refractivity contribution in [2.45, 2.75) is 31.7 Å². The number of carboxylic acids is 1. The highest BCUT2D eigenvalue weighted by Gasteiger charge is 2.37. The number of aryl methyl sites for hydroxylation is 1. The molecule has 2 aromatic rings. The number of benzene rings is 1. The first kappa shape index (κ1) is 17.7. The number of aromatic nitrogens is 2. The quantitative estimate of drug-likeness (QED) is 0.825. The monoisotopic (exact) mass is 389 g/mol. The number of nitrogens with zero attached hydrogens (tertiary/aromatic N) is 2. The van der Waals surface area contributed by atoms with E-state index in [1.54, 1.807) is 16.8 Å². The Morgan fingerprint density at radius 3 is 2.59 bits per heavy atom. The molecule has 0 saturated carbocycles. The molecule has 1 aromatic heterocycles. The van der Waals surface area contributed by atoms with Gasteiger partial charge in [-0.15, -0.1) is 0 Å². The van der Waals surface area contributed by atoms with E-state index in [9.17, 15) is 18.0 Å². The third-order valence-corrected chi connectivity index (χ3v) is 6.99. The van der Waals surface area contributed by atoms with Crippen molar-refractivity contribution in [3.8, 4) is 0 Å². The maximum atomic E-state index is 12.3. The number of sulfone groups is 1. The summed E-state index contributed by atoms with van der Waals surface area (Å²) in [5.74, 6) is -0.721. The lowest BCUT2D eigenvalue weighted by Crippen LogP contribution is -2.26. The number of anilines is 1. The second kappa shape index (κ2) is 6.19. The molecule has 1 saturated heterocycles. The number of hydrogen-bond donors (Lipinski definition) is 2. The number of aromatic carboxylic acids is 1. The molecule has 2 unspecified atom stereocenters. The molecule has 3 heterocycles. The van der Waals surface area contributed by atoms with Crippen molar-refractivity contribution in [2.75, 3.05) is 16.8 Å². The van der Waals surface area contributed by atoms with Crippen molar-refractivity contribution >= 4 is 27.5 Å². The highest BCUT2D eigenvalue weighted by molar-refractivity contribution is 7.91. The number of nitrogens with one attached hydrogen (secondary N) is 1. The minimum Gasteiger partial charge on any atom is -0.478 e. The van der Waals surface area contributed by atoms with Crippen LogP contribution in [0.15, 0.2) is 24.3 Å². The summed E-state index contributed by atoms with van der Waals surface area (Å²) in [6.07, 6.45) is 0.707. The molecule has 0 spiro atoms. The van der Waals surface area contributed by atoms with Crippen LogP contribution in [0.1, 0.15) is 52.0 Å². The zero-order valence-corrected chi connectivity index (χ0v) is 15.5. The van der Waals surface area contributed by atoms with Crippen molar-refractivity contribution in [1.82, 2.24) is 9.78 Å². The van der Waals surface area contributed by atoms with Crippen LogP contribution in [-0.2, 0) is 14.6 Å². The minimum absolute atomic E-state index is 0.0222.